The van der Waals surface area contributed by atoms with Gasteiger partial charge < -0.3 is 19.6 Å². The molecule has 4 rings (SSSR count). The largest absolute Gasteiger partial charge is 0.480 e. The van der Waals surface area contributed by atoms with E-state index in [4.69, 9.17) is 9.84 Å². The smallest absolute Gasteiger partial charge is 0.341 e. The maximum atomic E-state index is 13.9. The molecule has 38 heavy (non-hydrogen) atoms. The fourth-order valence-electron chi connectivity index (χ4n) is 5.15. The quantitative estimate of drug-likeness (QED) is 0.419. The van der Waals surface area contributed by atoms with Gasteiger partial charge in [0, 0.05) is 40.3 Å². The Balaban J connectivity index is 0.00000400. The molecule has 0 spiro atoms. The number of para-hydroxylation sites is 2. The molecule has 1 fully saturated rings. The Morgan fingerprint density at radius 3 is 1.89 bits per heavy atom. The lowest BCUT2D eigenvalue weighted by atomic mass is 9.70. The molecule has 0 aromatic heterocycles. The zero-order valence-electron chi connectivity index (χ0n) is 22.0. The molecule has 1 saturated heterocycles. The molecule has 0 saturated carbocycles. The molecule has 1 aliphatic heterocycles. The number of amides is 1. The molecular weight excluding hydrogens is 502 g/mol. The molecule has 0 unspecified atom stereocenters. The zero-order valence-corrected chi connectivity index (χ0v) is 22.8. The number of ether oxygens (including phenoxy) is 1. The van der Waals surface area contributed by atoms with Crippen LogP contribution in [0.15, 0.2) is 84.9 Å². The third-order valence-corrected chi connectivity index (χ3v) is 7.04. The van der Waals surface area contributed by atoms with E-state index >= 15 is 0 Å². The monoisotopic (exact) mass is 537 g/mol. The Bertz CT molecular complexity index is 1140. The van der Waals surface area contributed by atoms with Crippen molar-refractivity contribution in [3.05, 3.63) is 96.1 Å². The van der Waals surface area contributed by atoms with Crippen LogP contribution in [0.3, 0.4) is 0 Å². The van der Waals surface area contributed by atoms with Crippen molar-refractivity contribution in [2.75, 3.05) is 58.3 Å². The second-order valence-electron chi connectivity index (χ2n) is 9.57. The second-order valence-corrected chi connectivity index (χ2v) is 9.57. The zero-order chi connectivity index (χ0) is 26.3. The van der Waals surface area contributed by atoms with Crippen LogP contribution in [0.4, 0.5) is 5.69 Å². The van der Waals surface area contributed by atoms with Gasteiger partial charge in [-0.05, 0) is 36.2 Å². The fraction of sp³-hybridized carbons (Fsp3) is 0.333. The molecule has 1 aliphatic rings. The molecule has 1 N–H and O–H groups in total. The van der Waals surface area contributed by atoms with E-state index in [1.54, 1.807) is 4.90 Å². The Morgan fingerprint density at radius 2 is 1.37 bits per heavy atom. The van der Waals surface area contributed by atoms with Crippen LogP contribution in [-0.2, 0) is 15.0 Å². The number of benzene rings is 3. The van der Waals surface area contributed by atoms with Gasteiger partial charge >= 0.3 is 5.97 Å². The molecule has 0 aliphatic carbocycles. The molecule has 0 radical (unpaired) electrons. The van der Waals surface area contributed by atoms with Gasteiger partial charge in [-0.15, -0.1) is 12.4 Å². The number of carbonyl (C=O) groups excluding carboxylic acids is 1. The highest BCUT2D eigenvalue weighted by atomic mass is 35.5. The van der Waals surface area contributed by atoms with Crippen molar-refractivity contribution < 1.29 is 19.4 Å². The number of piperazine rings is 1. The summed E-state index contributed by atoms with van der Waals surface area (Å²) in [6.07, 6.45) is 0.663. The van der Waals surface area contributed by atoms with Crippen molar-refractivity contribution in [2.24, 2.45) is 0 Å². The number of hydrogen-bond acceptors (Lipinski definition) is 5. The molecule has 3 aromatic rings. The molecule has 202 valence electrons. The van der Waals surface area contributed by atoms with Gasteiger partial charge in [0.15, 0.2) is 6.61 Å². The first kappa shape index (κ1) is 29.0. The molecule has 0 bridgehead atoms. The van der Waals surface area contributed by atoms with E-state index in [-0.39, 0.29) is 24.9 Å². The summed E-state index contributed by atoms with van der Waals surface area (Å²) in [6, 6.07) is 27.8. The maximum Gasteiger partial charge on any atom is 0.341 e. The van der Waals surface area contributed by atoms with E-state index in [0.717, 1.165) is 49.5 Å². The van der Waals surface area contributed by atoms with Gasteiger partial charge in [-0.2, -0.15) is 0 Å². The highest BCUT2D eigenvalue weighted by molar-refractivity contribution is 5.92. The number of rotatable bonds is 10. The number of likely N-dealkylation sites (N-methyl/N-ethyl adjacent to an activating group) is 1. The maximum absolute atomic E-state index is 13.9. The third-order valence-electron chi connectivity index (χ3n) is 7.04. The minimum atomic E-state index is -0.993. The molecule has 0 atom stereocenters. The first-order valence-electron chi connectivity index (χ1n) is 12.7. The number of halogens is 1. The summed E-state index contributed by atoms with van der Waals surface area (Å²) in [7, 11) is 3.65. The van der Waals surface area contributed by atoms with Crippen molar-refractivity contribution in [1.82, 2.24) is 9.80 Å². The molecule has 8 heteroatoms. The SMILES string of the molecule is CN(C)C(=O)C(CCN1CCN(c2ccccc2OCC(=O)O)CC1)(c1ccccc1)c1ccccc1.Cl. The van der Waals surface area contributed by atoms with E-state index in [1.165, 1.54) is 0 Å². The van der Waals surface area contributed by atoms with Crippen LogP contribution < -0.4 is 9.64 Å². The third kappa shape index (κ3) is 6.47. The number of anilines is 1. The molecule has 1 heterocycles. The van der Waals surface area contributed by atoms with Crippen molar-refractivity contribution in [3.63, 3.8) is 0 Å². The summed E-state index contributed by atoms with van der Waals surface area (Å²) in [5.41, 5.74) is 2.14. The topological polar surface area (TPSA) is 73.3 Å². The summed E-state index contributed by atoms with van der Waals surface area (Å²) in [5, 5.41) is 9.00. The summed E-state index contributed by atoms with van der Waals surface area (Å²) in [4.78, 5) is 31.2. The highest BCUT2D eigenvalue weighted by Gasteiger charge is 2.43. The Kier molecular flexibility index (Phi) is 10.2. The van der Waals surface area contributed by atoms with Crippen LogP contribution in [-0.4, -0.2) is 80.2 Å². The first-order chi connectivity index (χ1) is 17.9. The average Bonchev–Trinajstić information content (AvgIpc) is 2.94. The van der Waals surface area contributed by atoms with Gasteiger partial charge in [-0.1, -0.05) is 72.8 Å². The summed E-state index contributed by atoms with van der Waals surface area (Å²) in [6.45, 7) is 3.66. The lowest BCUT2D eigenvalue weighted by Crippen LogP contribution is -2.50. The molecular formula is C30H36ClN3O4. The van der Waals surface area contributed by atoms with Crippen LogP contribution in [0.1, 0.15) is 17.5 Å². The van der Waals surface area contributed by atoms with Gasteiger partial charge in [0.2, 0.25) is 5.91 Å². The van der Waals surface area contributed by atoms with Crippen LogP contribution in [0.5, 0.6) is 5.75 Å². The number of nitrogens with zero attached hydrogens (tertiary/aromatic N) is 3. The number of carboxylic acid groups (broad SMARTS) is 1. The van der Waals surface area contributed by atoms with Crippen LogP contribution in [0, 0.1) is 0 Å². The fourth-order valence-corrected chi connectivity index (χ4v) is 5.15. The second kappa shape index (κ2) is 13.3. The van der Waals surface area contributed by atoms with Crippen LogP contribution in [0.2, 0.25) is 0 Å². The van der Waals surface area contributed by atoms with Crippen molar-refractivity contribution >= 4 is 30.0 Å². The summed E-state index contributed by atoms with van der Waals surface area (Å²) < 4.78 is 5.52. The Hall–Kier alpha value is -3.55. The van der Waals surface area contributed by atoms with E-state index < -0.39 is 11.4 Å². The highest BCUT2D eigenvalue weighted by Crippen LogP contribution is 2.38. The van der Waals surface area contributed by atoms with Gasteiger partial charge in [-0.3, -0.25) is 9.69 Å². The van der Waals surface area contributed by atoms with Crippen LogP contribution >= 0.6 is 12.4 Å². The van der Waals surface area contributed by atoms with E-state index in [1.807, 2.05) is 74.8 Å². The van der Waals surface area contributed by atoms with Crippen LogP contribution in [0.25, 0.3) is 0 Å². The number of carbonyl (C=O) groups is 2. The number of carboxylic acids is 1. The van der Waals surface area contributed by atoms with Gasteiger partial charge in [-0.25, -0.2) is 4.79 Å². The normalized spacial score (nSPS) is 13.9. The molecule has 1 amide bonds. The van der Waals surface area contributed by atoms with Gasteiger partial charge in [0.1, 0.15) is 11.2 Å². The van der Waals surface area contributed by atoms with E-state index in [2.05, 4.69) is 34.1 Å². The predicted octanol–water partition coefficient (Wildman–Crippen LogP) is 4.16. The first-order valence-corrected chi connectivity index (χ1v) is 12.7. The lowest BCUT2D eigenvalue weighted by Gasteiger charge is -2.40. The van der Waals surface area contributed by atoms with Gasteiger partial charge in [0.05, 0.1) is 5.69 Å². The standard InChI is InChI=1S/C30H35N3O4.ClH/c1-31(2)29(36)30(24-11-5-3-6-12-24,25-13-7-4-8-14-25)17-18-32-19-21-33(22-20-32)26-15-9-10-16-27(26)37-23-28(34)35;/h3-16H,17-23H2,1-2H3,(H,34,35);1H. The Labute approximate surface area is 231 Å². The molecule has 3 aromatic carbocycles. The minimum Gasteiger partial charge on any atom is -0.480 e. The minimum absolute atomic E-state index is 0. The van der Waals surface area contributed by atoms with E-state index in [0.29, 0.717) is 12.2 Å². The molecule has 7 nitrogen and oxygen atoms in total. The predicted molar refractivity (Wildman–Crippen MR) is 152 cm³/mol. The van der Waals surface area contributed by atoms with Crippen molar-refractivity contribution in [2.45, 2.75) is 11.8 Å². The summed E-state index contributed by atoms with van der Waals surface area (Å²) >= 11 is 0. The average molecular weight is 538 g/mol. The summed E-state index contributed by atoms with van der Waals surface area (Å²) in [5.74, 6) is -0.331. The Morgan fingerprint density at radius 1 is 0.842 bits per heavy atom. The number of aliphatic carboxylic acids is 1. The van der Waals surface area contributed by atoms with Crippen molar-refractivity contribution in [1.29, 1.82) is 0 Å². The van der Waals surface area contributed by atoms with Gasteiger partial charge in [0.25, 0.3) is 0 Å². The number of hydrogen-bond donors (Lipinski definition) is 1. The lowest BCUT2D eigenvalue weighted by molar-refractivity contribution is -0.139. The van der Waals surface area contributed by atoms with Crippen molar-refractivity contribution in [3.8, 4) is 5.75 Å². The van der Waals surface area contributed by atoms with E-state index in [9.17, 15) is 9.59 Å².